The van der Waals surface area contributed by atoms with Gasteiger partial charge in [-0.2, -0.15) is 0 Å². The van der Waals surface area contributed by atoms with Crippen molar-refractivity contribution in [2.45, 2.75) is 32.7 Å². The van der Waals surface area contributed by atoms with Gasteiger partial charge in [0, 0.05) is 12.6 Å². The lowest BCUT2D eigenvalue weighted by Crippen LogP contribution is -2.41. The molecule has 0 spiro atoms. The molecule has 1 unspecified atom stereocenters. The molecule has 0 aromatic heterocycles. The van der Waals surface area contributed by atoms with Gasteiger partial charge in [-0.3, -0.25) is 4.79 Å². The summed E-state index contributed by atoms with van der Waals surface area (Å²) in [5.41, 5.74) is 5.38. The predicted octanol–water partition coefficient (Wildman–Crippen LogP) is -0.404. The Morgan fingerprint density at radius 2 is 2.06 bits per heavy atom. The molecule has 16 heavy (non-hydrogen) atoms. The van der Waals surface area contributed by atoms with Crippen molar-refractivity contribution in [1.29, 1.82) is 0 Å². The highest BCUT2D eigenvalue weighted by Gasteiger charge is 2.17. The molecule has 0 rings (SSSR count). The number of rotatable bonds is 8. The first-order valence-electron chi connectivity index (χ1n) is 5.30. The van der Waals surface area contributed by atoms with Crippen LogP contribution in [0.25, 0.3) is 0 Å². The normalized spacial score (nSPS) is 13.4. The number of carbonyl (C=O) groups is 1. The zero-order chi connectivity index (χ0) is 12.6. The summed E-state index contributed by atoms with van der Waals surface area (Å²) in [4.78, 5) is 11.0. The van der Waals surface area contributed by atoms with E-state index in [1.165, 1.54) is 0 Å². The van der Waals surface area contributed by atoms with E-state index in [-0.39, 0.29) is 31.4 Å². The molecule has 0 bridgehead atoms. The smallest absolute Gasteiger partial charge is 0.306 e. The van der Waals surface area contributed by atoms with Gasteiger partial charge in [0.05, 0.1) is 18.8 Å². The van der Waals surface area contributed by atoms with E-state index >= 15 is 0 Å². The maximum Gasteiger partial charge on any atom is 0.306 e. The van der Waals surface area contributed by atoms with Crippen molar-refractivity contribution in [3.63, 3.8) is 0 Å². The van der Waals surface area contributed by atoms with E-state index in [1.807, 2.05) is 6.92 Å². The number of hydrogen-bond acceptors (Lipinski definition) is 5. The molecule has 96 valence electrons. The molecule has 0 aliphatic heterocycles. The SMILES string of the molecule is CCOC(=O)CCS(=O)(=O)NC(CC)CN. The van der Waals surface area contributed by atoms with Gasteiger partial charge >= 0.3 is 5.97 Å². The summed E-state index contributed by atoms with van der Waals surface area (Å²) in [6, 6.07) is -0.271. The molecule has 0 saturated heterocycles. The summed E-state index contributed by atoms with van der Waals surface area (Å²) >= 11 is 0. The summed E-state index contributed by atoms with van der Waals surface area (Å²) in [7, 11) is -3.45. The second-order valence-electron chi connectivity index (χ2n) is 3.33. The zero-order valence-corrected chi connectivity index (χ0v) is 10.5. The van der Waals surface area contributed by atoms with Crippen molar-refractivity contribution in [1.82, 2.24) is 4.72 Å². The third-order valence-corrected chi connectivity index (χ3v) is 3.44. The van der Waals surface area contributed by atoms with E-state index in [2.05, 4.69) is 9.46 Å². The molecular formula is C9H20N2O4S. The van der Waals surface area contributed by atoms with Crippen LogP contribution < -0.4 is 10.5 Å². The Kier molecular flexibility index (Phi) is 7.27. The average molecular weight is 252 g/mol. The van der Waals surface area contributed by atoms with Gasteiger partial charge in [0.2, 0.25) is 10.0 Å². The highest BCUT2D eigenvalue weighted by atomic mass is 32.2. The maximum absolute atomic E-state index is 11.5. The van der Waals surface area contributed by atoms with Crippen molar-refractivity contribution < 1.29 is 17.9 Å². The lowest BCUT2D eigenvalue weighted by molar-refractivity contribution is -0.142. The van der Waals surface area contributed by atoms with Crippen molar-refractivity contribution in [3.8, 4) is 0 Å². The highest BCUT2D eigenvalue weighted by molar-refractivity contribution is 7.89. The fourth-order valence-corrected chi connectivity index (χ4v) is 2.39. The molecule has 0 aromatic carbocycles. The van der Waals surface area contributed by atoms with E-state index in [1.54, 1.807) is 6.92 Å². The molecule has 0 radical (unpaired) electrons. The second-order valence-corrected chi connectivity index (χ2v) is 5.21. The molecule has 7 heteroatoms. The van der Waals surface area contributed by atoms with Gasteiger partial charge in [0.25, 0.3) is 0 Å². The second kappa shape index (κ2) is 7.59. The highest BCUT2D eigenvalue weighted by Crippen LogP contribution is 1.97. The van der Waals surface area contributed by atoms with Gasteiger partial charge in [-0.1, -0.05) is 6.92 Å². The Labute approximate surface area is 96.6 Å². The molecular weight excluding hydrogens is 232 g/mol. The van der Waals surface area contributed by atoms with Crippen LogP contribution >= 0.6 is 0 Å². The lowest BCUT2D eigenvalue weighted by atomic mass is 10.2. The monoisotopic (exact) mass is 252 g/mol. The number of ether oxygens (including phenoxy) is 1. The molecule has 3 N–H and O–H groups in total. The van der Waals surface area contributed by atoms with Crippen LogP contribution in [0.2, 0.25) is 0 Å². The Bertz CT molecular complexity index is 299. The third kappa shape index (κ3) is 6.76. The summed E-state index contributed by atoms with van der Waals surface area (Å²) in [6.07, 6.45) is 0.485. The standard InChI is InChI=1S/C9H20N2O4S/c1-3-8(7-10)11-16(13,14)6-5-9(12)15-4-2/h8,11H,3-7,10H2,1-2H3. The third-order valence-electron chi connectivity index (χ3n) is 2.00. The van der Waals surface area contributed by atoms with Crippen LogP contribution in [0, 0.1) is 0 Å². The fraction of sp³-hybridized carbons (Fsp3) is 0.889. The minimum absolute atomic E-state index is 0.135. The summed E-state index contributed by atoms with van der Waals surface area (Å²) < 4.78 is 30.1. The van der Waals surface area contributed by atoms with E-state index in [4.69, 9.17) is 5.73 Å². The molecule has 1 atom stereocenters. The quantitative estimate of drug-likeness (QED) is 0.572. The Balaban J connectivity index is 4.10. The zero-order valence-electron chi connectivity index (χ0n) is 9.73. The van der Waals surface area contributed by atoms with Crippen LogP contribution in [-0.4, -0.2) is 39.3 Å². The van der Waals surface area contributed by atoms with E-state index in [9.17, 15) is 13.2 Å². The van der Waals surface area contributed by atoms with Gasteiger partial charge in [0.1, 0.15) is 0 Å². The van der Waals surface area contributed by atoms with Crippen LogP contribution in [0.1, 0.15) is 26.7 Å². The number of hydrogen-bond donors (Lipinski definition) is 2. The van der Waals surface area contributed by atoms with Crippen LogP contribution in [0.4, 0.5) is 0 Å². The summed E-state index contributed by atoms with van der Waals surface area (Å²) in [6.45, 7) is 4.01. The lowest BCUT2D eigenvalue weighted by Gasteiger charge is -2.14. The number of sulfonamides is 1. The number of nitrogens with one attached hydrogen (secondary N) is 1. The molecule has 0 amide bonds. The molecule has 0 aromatic rings. The van der Waals surface area contributed by atoms with Crippen molar-refractivity contribution in [2.24, 2.45) is 5.73 Å². The molecule has 6 nitrogen and oxygen atoms in total. The minimum Gasteiger partial charge on any atom is -0.466 e. The fourth-order valence-electron chi connectivity index (χ4n) is 1.06. The Morgan fingerprint density at radius 1 is 1.44 bits per heavy atom. The van der Waals surface area contributed by atoms with Crippen molar-refractivity contribution in [3.05, 3.63) is 0 Å². The van der Waals surface area contributed by atoms with Gasteiger partial charge in [0.15, 0.2) is 0 Å². The minimum atomic E-state index is -3.45. The van der Waals surface area contributed by atoms with E-state index in [0.29, 0.717) is 6.42 Å². The molecule has 0 heterocycles. The number of carbonyl (C=O) groups excluding carboxylic acids is 1. The first-order chi connectivity index (χ1) is 7.45. The van der Waals surface area contributed by atoms with E-state index in [0.717, 1.165) is 0 Å². The molecule has 0 fully saturated rings. The maximum atomic E-state index is 11.5. The molecule has 0 aliphatic rings. The van der Waals surface area contributed by atoms with Gasteiger partial charge < -0.3 is 10.5 Å². The van der Waals surface area contributed by atoms with Crippen LogP contribution in [0.15, 0.2) is 0 Å². The average Bonchev–Trinajstić information content (AvgIpc) is 2.24. The first kappa shape index (κ1) is 15.3. The van der Waals surface area contributed by atoms with Crippen LogP contribution in [-0.2, 0) is 19.6 Å². The topological polar surface area (TPSA) is 98.5 Å². The summed E-state index contributed by atoms with van der Waals surface area (Å²) in [5.74, 6) is -0.767. The van der Waals surface area contributed by atoms with Crippen molar-refractivity contribution in [2.75, 3.05) is 18.9 Å². The van der Waals surface area contributed by atoms with E-state index < -0.39 is 16.0 Å². The van der Waals surface area contributed by atoms with Crippen molar-refractivity contribution >= 4 is 16.0 Å². The Hall–Kier alpha value is -0.660. The first-order valence-corrected chi connectivity index (χ1v) is 6.96. The molecule has 0 saturated carbocycles. The van der Waals surface area contributed by atoms with Crippen LogP contribution in [0.5, 0.6) is 0 Å². The van der Waals surface area contributed by atoms with Gasteiger partial charge in [-0.15, -0.1) is 0 Å². The Morgan fingerprint density at radius 3 is 2.50 bits per heavy atom. The van der Waals surface area contributed by atoms with Gasteiger partial charge in [-0.25, -0.2) is 13.1 Å². The van der Waals surface area contributed by atoms with Gasteiger partial charge in [-0.05, 0) is 13.3 Å². The largest absolute Gasteiger partial charge is 0.466 e. The number of esters is 1. The summed E-state index contributed by atoms with van der Waals surface area (Å²) in [5, 5.41) is 0. The number of nitrogens with two attached hydrogens (primary N) is 1. The molecule has 0 aliphatic carbocycles. The van der Waals surface area contributed by atoms with Crippen LogP contribution in [0.3, 0.4) is 0 Å². The predicted molar refractivity (Wildman–Crippen MR) is 61.3 cm³/mol.